The second-order valence-electron chi connectivity index (χ2n) is 4.93. The van der Waals surface area contributed by atoms with Crippen LogP contribution in [0.4, 0.5) is 0 Å². The lowest BCUT2D eigenvalue weighted by Gasteiger charge is -2.34. The maximum absolute atomic E-state index is 3.88. The van der Waals surface area contributed by atoms with Gasteiger partial charge in [-0.15, -0.1) is 6.58 Å². The van der Waals surface area contributed by atoms with E-state index in [-0.39, 0.29) is 5.54 Å². The van der Waals surface area contributed by atoms with Gasteiger partial charge in [-0.2, -0.15) is 0 Å². The fourth-order valence-electron chi connectivity index (χ4n) is 1.76. The van der Waals surface area contributed by atoms with Crippen molar-refractivity contribution in [1.29, 1.82) is 0 Å². The van der Waals surface area contributed by atoms with Crippen LogP contribution >= 0.6 is 0 Å². The van der Waals surface area contributed by atoms with E-state index >= 15 is 0 Å². The van der Waals surface area contributed by atoms with E-state index < -0.39 is 0 Å². The Morgan fingerprint density at radius 1 is 1.38 bits per heavy atom. The number of rotatable bonds is 5. The highest BCUT2D eigenvalue weighted by Gasteiger charge is 2.19. The number of likely N-dealkylation sites (N-methyl/N-ethyl adjacent to an activating group) is 1. The monoisotopic (exact) mass is 223 g/mol. The Kier molecular flexibility index (Phi) is 4.27. The summed E-state index contributed by atoms with van der Waals surface area (Å²) in [5.41, 5.74) is -0.0121. The average Bonchev–Trinajstić information content (AvgIpc) is 2.78. The van der Waals surface area contributed by atoms with Crippen LogP contribution in [0.1, 0.15) is 26.7 Å². The summed E-state index contributed by atoms with van der Waals surface area (Å²) in [6, 6.07) is 0. The van der Waals surface area contributed by atoms with Crippen LogP contribution in [0.5, 0.6) is 0 Å². The molecule has 0 amide bonds. The molecule has 0 spiro atoms. The van der Waals surface area contributed by atoms with E-state index in [9.17, 15) is 0 Å². The van der Waals surface area contributed by atoms with Crippen molar-refractivity contribution < 1.29 is 0 Å². The van der Waals surface area contributed by atoms with E-state index in [2.05, 4.69) is 48.8 Å². The summed E-state index contributed by atoms with van der Waals surface area (Å²) >= 11 is 0. The molecule has 0 bridgehead atoms. The van der Waals surface area contributed by atoms with Gasteiger partial charge in [0.25, 0.3) is 0 Å². The maximum atomic E-state index is 3.88. The number of nitrogens with zero attached hydrogens (tertiary/aromatic N) is 2. The van der Waals surface area contributed by atoms with Crippen molar-refractivity contribution in [1.82, 2.24) is 15.1 Å². The minimum atomic E-state index is -0.0121. The lowest BCUT2D eigenvalue weighted by atomic mass is 10.1. The van der Waals surface area contributed by atoms with E-state index in [1.54, 1.807) is 0 Å². The fraction of sp³-hybridized carbons (Fsp3) is 0.692. The summed E-state index contributed by atoms with van der Waals surface area (Å²) in [7, 11) is 4.08. The minimum Gasteiger partial charge on any atom is -0.374 e. The van der Waals surface area contributed by atoms with E-state index in [4.69, 9.17) is 0 Å². The molecule has 0 aliphatic carbocycles. The van der Waals surface area contributed by atoms with E-state index in [1.807, 2.05) is 13.1 Å². The van der Waals surface area contributed by atoms with Gasteiger partial charge in [0.1, 0.15) is 5.82 Å². The summed E-state index contributed by atoms with van der Waals surface area (Å²) in [5.74, 6) is 1.20. The summed E-state index contributed by atoms with van der Waals surface area (Å²) in [6.07, 6.45) is 6.74. The quantitative estimate of drug-likeness (QED) is 0.719. The van der Waals surface area contributed by atoms with Crippen molar-refractivity contribution >= 4 is 0 Å². The van der Waals surface area contributed by atoms with Gasteiger partial charge in [0.15, 0.2) is 0 Å². The van der Waals surface area contributed by atoms with Gasteiger partial charge < -0.3 is 15.1 Å². The molecular weight excluding hydrogens is 198 g/mol. The van der Waals surface area contributed by atoms with E-state index in [0.29, 0.717) is 0 Å². The third-order valence-electron chi connectivity index (χ3n) is 3.43. The van der Waals surface area contributed by atoms with Gasteiger partial charge in [0, 0.05) is 33.4 Å². The van der Waals surface area contributed by atoms with Gasteiger partial charge in [-0.05, 0) is 26.7 Å². The minimum absolute atomic E-state index is 0.0121. The molecule has 1 fully saturated rings. The molecule has 0 aromatic rings. The van der Waals surface area contributed by atoms with Gasteiger partial charge in [-0.25, -0.2) is 0 Å². The zero-order chi connectivity index (χ0) is 12.2. The zero-order valence-corrected chi connectivity index (χ0v) is 11.1. The molecule has 1 aliphatic heterocycles. The lowest BCUT2D eigenvalue weighted by Crippen LogP contribution is -2.38. The molecule has 0 radical (unpaired) electrons. The smallest absolute Gasteiger partial charge is 0.117 e. The number of hydrogen-bond donors (Lipinski definition) is 1. The molecule has 0 atom stereocenters. The second kappa shape index (κ2) is 5.28. The van der Waals surface area contributed by atoms with Crippen molar-refractivity contribution in [3.8, 4) is 0 Å². The Balaban J connectivity index is 2.74. The van der Waals surface area contributed by atoms with E-state index in [1.165, 1.54) is 18.7 Å². The topological polar surface area (TPSA) is 18.5 Å². The number of likely N-dealkylation sites (tertiary alicyclic amines) is 1. The molecule has 1 rings (SSSR count). The van der Waals surface area contributed by atoms with Crippen LogP contribution < -0.4 is 5.32 Å². The van der Waals surface area contributed by atoms with Gasteiger partial charge in [-0.1, -0.05) is 6.08 Å². The highest BCUT2D eigenvalue weighted by Crippen LogP contribution is 2.17. The van der Waals surface area contributed by atoms with Gasteiger partial charge in [0.2, 0.25) is 0 Å². The summed E-state index contributed by atoms with van der Waals surface area (Å²) in [5, 5.41) is 3.28. The predicted octanol–water partition coefficient (Wildman–Crippen LogP) is 2.00. The highest BCUT2D eigenvalue weighted by molar-refractivity contribution is 5.06. The number of hydrogen-bond acceptors (Lipinski definition) is 3. The second-order valence-corrected chi connectivity index (χ2v) is 4.93. The molecule has 16 heavy (non-hydrogen) atoms. The molecule has 1 heterocycles. The van der Waals surface area contributed by atoms with Crippen molar-refractivity contribution in [2.45, 2.75) is 32.2 Å². The molecule has 1 saturated heterocycles. The Bertz CT molecular complexity index is 262. The van der Waals surface area contributed by atoms with Crippen LogP contribution in [0.3, 0.4) is 0 Å². The third kappa shape index (κ3) is 2.94. The van der Waals surface area contributed by atoms with Crippen LogP contribution in [0, 0.1) is 0 Å². The first-order valence-corrected chi connectivity index (χ1v) is 6.02. The SMILES string of the molecule is C=CC(C)(C)N(C)/C=C(\NC)N1CCCC1. The van der Waals surface area contributed by atoms with E-state index in [0.717, 1.165) is 13.1 Å². The largest absolute Gasteiger partial charge is 0.374 e. The zero-order valence-electron chi connectivity index (χ0n) is 11.1. The normalized spacial score (nSPS) is 17.5. The van der Waals surface area contributed by atoms with Crippen molar-refractivity contribution in [3.63, 3.8) is 0 Å². The molecule has 92 valence electrons. The molecule has 0 aromatic carbocycles. The highest BCUT2D eigenvalue weighted by atomic mass is 15.3. The summed E-state index contributed by atoms with van der Waals surface area (Å²) in [6.45, 7) is 10.5. The molecule has 1 N–H and O–H groups in total. The first-order chi connectivity index (χ1) is 7.51. The first-order valence-electron chi connectivity index (χ1n) is 6.02. The standard InChI is InChI=1S/C13H25N3/c1-6-13(2,3)15(5)11-12(14-4)16-9-7-8-10-16/h6,11,14H,1,7-10H2,2-5H3/b12-11+. The van der Waals surface area contributed by atoms with Crippen LogP contribution in [-0.4, -0.2) is 42.5 Å². The fourth-order valence-corrected chi connectivity index (χ4v) is 1.76. The van der Waals surface area contributed by atoms with Crippen LogP contribution in [0.25, 0.3) is 0 Å². The third-order valence-corrected chi connectivity index (χ3v) is 3.43. The van der Waals surface area contributed by atoms with Gasteiger partial charge >= 0.3 is 0 Å². The van der Waals surface area contributed by atoms with Crippen LogP contribution in [0.15, 0.2) is 24.7 Å². The molecule has 0 aromatic heterocycles. The van der Waals surface area contributed by atoms with Crippen molar-refractivity contribution in [2.24, 2.45) is 0 Å². The van der Waals surface area contributed by atoms with Crippen LogP contribution in [-0.2, 0) is 0 Å². The molecular formula is C13H25N3. The molecule has 0 unspecified atom stereocenters. The van der Waals surface area contributed by atoms with Crippen LogP contribution in [0.2, 0.25) is 0 Å². The Hall–Kier alpha value is -1.12. The van der Waals surface area contributed by atoms with Gasteiger partial charge in [0.05, 0.1) is 5.54 Å². The molecule has 3 heteroatoms. The maximum Gasteiger partial charge on any atom is 0.117 e. The Morgan fingerprint density at radius 2 is 1.94 bits per heavy atom. The Labute approximate surface area is 99.8 Å². The predicted molar refractivity (Wildman–Crippen MR) is 70.0 cm³/mol. The Morgan fingerprint density at radius 3 is 2.38 bits per heavy atom. The average molecular weight is 223 g/mol. The molecule has 1 aliphatic rings. The summed E-state index contributed by atoms with van der Waals surface area (Å²) < 4.78 is 0. The van der Waals surface area contributed by atoms with Crippen molar-refractivity contribution in [2.75, 3.05) is 27.2 Å². The first kappa shape index (κ1) is 12.9. The number of nitrogens with one attached hydrogen (secondary N) is 1. The lowest BCUT2D eigenvalue weighted by molar-refractivity contribution is 0.271. The summed E-state index contributed by atoms with van der Waals surface area (Å²) in [4.78, 5) is 4.60. The van der Waals surface area contributed by atoms with Gasteiger partial charge in [-0.3, -0.25) is 0 Å². The molecule has 0 saturated carbocycles. The van der Waals surface area contributed by atoms with Crippen molar-refractivity contribution in [3.05, 3.63) is 24.7 Å². The molecule has 3 nitrogen and oxygen atoms in total.